The molecule has 3 atom stereocenters. The fourth-order valence-electron chi connectivity index (χ4n) is 1.90. The minimum absolute atomic E-state index is 0.333. The molecular weight excluding hydrogens is 157 g/mol. The van der Waals surface area contributed by atoms with E-state index in [0.29, 0.717) is 18.3 Å². The summed E-state index contributed by atoms with van der Waals surface area (Å²) in [6.07, 6.45) is 1.49. The zero-order valence-corrected chi connectivity index (χ0v) is 7.76. The van der Waals surface area contributed by atoms with Crippen molar-refractivity contribution in [2.45, 2.75) is 45.3 Å². The van der Waals surface area contributed by atoms with Crippen LogP contribution in [-0.2, 0) is 0 Å². The van der Waals surface area contributed by atoms with Crippen LogP contribution in [0, 0.1) is 11.8 Å². The highest BCUT2D eigenvalue weighted by Crippen LogP contribution is 2.31. The molecule has 12 heavy (non-hydrogen) atoms. The van der Waals surface area contributed by atoms with Gasteiger partial charge in [-0.25, -0.2) is 4.39 Å². The molecule has 1 aliphatic rings. The highest BCUT2D eigenvalue weighted by Gasteiger charge is 2.31. The molecule has 1 saturated carbocycles. The zero-order chi connectivity index (χ0) is 9.14. The van der Waals surface area contributed by atoms with Crippen molar-refractivity contribution in [1.29, 1.82) is 0 Å². The quantitative estimate of drug-likeness (QED) is 0.630. The van der Waals surface area contributed by atoms with Crippen molar-refractivity contribution >= 4 is 0 Å². The molecule has 1 fully saturated rings. The molecule has 3 heteroatoms. The Labute approximate surface area is 73.1 Å². The van der Waals surface area contributed by atoms with Crippen molar-refractivity contribution < 1.29 is 9.60 Å². The van der Waals surface area contributed by atoms with Gasteiger partial charge in [0.05, 0.1) is 6.04 Å². The maximum atomic E-state index is 13.2. The first kappa shape index (κ1) is 9.93. The number of halogens is 1. The second-order valence-corrected chi connectivity index (χ2v) is 4.07. The summed E-state index contributed by atoms with van der Waals surface area (Å²) in [5.41, 5.74) is 2.04. The van der Waals surface area contributed by atoms with Gasteiger partial charge in [-0.2, -0.15) is 5.48 Å². The summed E-state index contributed by atoms with van der Waals surface area (Å²) in [6, 6.07) is -0.333. The van der Waals surface area contributed by atoms with E-state index in [4.69, 9.17) is 5.21 Å². The maximum Gasteiger partial charge on any atom is 0.118 e. The Hall–Kier alpha value is -0.150. The van der Waals surface area contributed by atoms with Gasteiger partial charge in [0, 0.05) is 0 Å². The molecule has 1 aliphatic carbocycles. The Balaban J connectivity index is 2.40. The van der Waals surface area contributed by atoms with Crippen LogP contribution < -0.4 is 5.48 Å². The molecule has 0 heterocycles. The molecule has 0 aliphatic heterocycles. The predicted octanol–water partition coefficient (Wildman–Crippen LogP) is 2.13. The molecule has 2 nitrogen and oxygen atoms in total. The first-order valence-corrected chi connectivity index (χ1v) is 4.68. The van der Waals surface area contributed by atoms with E-state index in [1.165, 1.54) is 0 Å². The SMILES string of the molecule is CC(C)[C@H]1CC[C@@H](NO)[C@@H](F)C1. The van der Waals surface area contributed by atoms with Crippen molar-refractivity contribution in [2.24, 2.45) is 11.8 Å². The molecule has 0 aromatic carbocycles. The Morgan fingerprint density at radius 2 is 2.08 bits per heavy atom. The molecule has 72 valence electrons. The van der Waals surface area contributed by atoms with Crippen LogP contribution in [0.15, 0.2) is 0 Å². The number of nitrogens with one attached hydrogen (secondary N) is 1. The number of hydroxylamine groups is 1. The Morgan fingerprint density at radius 1 is 1.42 bits per heavy atom. The average Bonchev–Trinajstić information content (AvgIpc) is 2.04. The number of alkyl halides is 1. The second-order valence-electron chi connectivity index (χ2n) is 4.07. The van der Waals surface area contributed by atoms with Crippen LogP contribution in [0.5, 0.6) is 0 Å². The first-order chi connectivity index (χ1) is 5.65. The van der Waals surface area contributed by atoms with Gasteiger partial charge in [0.1, 0.15) is 6.17 Å². The lowest BCUT2D eigenvalue weighted by Crippen LogP contribution is -2.41. The molecule has 0 bridgehead atoms. The van der Waals surface area contributed by atoms with Crippen LogP contribution in [-0.4, -0.2) is 17.4 Å². The maximum absolute atomic E-state index is 13.2. The molecule has 1 rings (SSSR count). The van der Waals surface area contributed by atoms with Gasteiger partial charge in [0.25, 0.3) is 0 Å². The molecule has 0 amide bonds. The molecule has 2 N–H and O–H groups in total. The molecule has 0 radical (unpaired) electrons. The fourth-order valence-corrected chi connectivity index (χ4v) is 1.90. The van der Waals surface area contributed by atoms with E-state index in [-0.39, 0.29) is 6.04 Å². The third-order valence-electron chi connectivity index (χ3n) is 2.92. The normalized spacial score (nSPS) is 37.2. The number of hydrogen-bond donors (Lipinski definition) is 2. The van der Waals surface area contributed by atoms with Gasteiger partial charge < -0.3 is 5.21 Å². The summed E-state index contributed by atoms with van der Waals surface area (Å²) in [6.45, 7) is 4.26. The van der Waals surface area contributed by atoms with Crippen LogP contribution >= 0.6 is 0 Å². The van der Waals surface area contributed by atoms with E-state index in [0.717, 1.165) is 12.8 Å². The Morgan fingerprint density at radius 3 is 2.50 bits per heavy atom. The summed E-state index contributed by atoms with van der Waals surface area (Å²) in [4.78, 5) is 0. The summed E-state index contributed by atoms with van der Waals surface area (Å²) in [7, 11) is 0. The van der Waals surface area contributed by atoms with Gasteiger partial charge in [0.15, 0.2) is 0 Å². The summed E-state index contributed by atoms with van der Waals surface area (Å²) in [5.74, 6) is 1.05. The van der Waals surface area contributed by atoms with Gasteiger partial charge in [-0.15, -0.1) is 0 Å². The smallest absolute Gasteiger partial charge is 0.118 e. The monoisotopic (exact) mass is 175 g/mol. The number of rotatable bonds is 2. The van der Waals surface area contributed by atoms with Gasteiger partial charge >= 0.3 is 0 Å². The molecule has 0 aromatic rings. The Bertz CT molecular complexity index is 140. The highest BCUT2D eigenvalue weighted by molar-refractivity contribution is 4.83. The fraction of sp³-hybridized carbons (Fsp3) is 1.00. The minimum Gasteiger partial charge on any atom is -0.316 e. The van der Waals surface area contributed by atoms with E-state index >= 15 is 0 Å². The largest absolute Gasteiger partial charge is 0.316 e. The summed E-state index contributed by atoms with van der Waals surface area (Å²) < 4.78 is 13.2. The predicted molar refractivity (Wildman–Crippen MR) is 45.8 cm³/mol. The summed E-state index contributed by atoms with van der Waals surface area (Å²) >= 11 is 0. The molecule has 0 saturated heterocycles. The van der Waals surface area contributed by atoms with Gasteiger partial charge in [-0.3, -0.25) is 0 Å². The minimum atomic E-state index is -0.879. The van der Waals surface area contributed by atoms with Crippen LogP contribution in [0.3, 0.4) is 0 Å². The lowest BCUT2D eigenvalue weighted by Gasteiger charge is -2.32. The average molecular weight is 175 g/mol. The third-order valence-corrected chi connectivity index (χ3v) is 2.92. The van der Waals surface area contributed by atoms with E-state index in [1.807, 2.05) is 5.48 Å². The van der Waals surface area contributed by atoms with E-state index in [9.17, 15) is 4.39 Å². The van der Waals surface area contributed by atoms with Crippen molar-refractivity contribution in [3.63, 3.8) is 0 Å². The van der Waals surface area contributed by atoms with Crippen LogP contribution in [0.25, 0.3) is 0 Å². The number of hydrogen-bond acceptors (Lipinski definition) is 2. The van der Waals surface area contributed by atoms with E-state index in [1.54, 1.807) is 0 Å². The van der Waals surface area contributed by atoms with Crippen LogP contribution in [0.2, 0.25) is 0 Å². The van der Waals surface area contributed by atoms with Gasteiger partial charge in [-0.05, 0) is 31.1 Å². The lowest BCUT2D eigenvalue weighted by molar-refractivity contribution is 0.0365. The van der Waals surface area contributed by atoms with E-state index < -0.39 is 6.17 Å². The lowest BCUT2D eigenvalue weighted by atomic mass is 9.79. The molecule has 0 aromatic heterocycles. The van der Waals surface area contributed by atoms with Crippen molar-refractivity contribution in [2.75, 3.05) is 0 Å². The zero-order valence-electron chi connectivity index (χ0n) is 7.76. The standard InChI is InChI=1S/C9H18FNO/c1-6(2)7-3-4-9(11-12)8(10)5-7/h6-9,11-12H,3-5H2,1-2H3/t7-,8-,9+/m0/s1. The Kier molecular flexibility index (Phi) is 3.47. The second kappa shape index (κ2) is 4.19. The van der Waals surface area contributed by atoms with Crippen LogP contribution in [0.4, 0.5) is 4.39 Å². The highest BCUT2D eigenvalue weighted by atomic mass is 19.1. The van der Waals surface area contributed by atoms with Crippen LogP contribution in [0.1, 0.15) is 33.1 Å². The third kappa shape index (κ3) is 2.17. The van der Waals surface area contributed by atoms with E-state index in [2.05, 4.69) is 13.8 Å². The first-order valence-electron chi connectivity index (χ1n) is 4.68. The topological polar surface area (TPSA) is 32.3 Å². The van der Waals surface area contributed by atoms with Crippen molar-refractivity contribution in [3.05, 3.63) is 0 Å². The van der Waals surface area contributed by atoms with Gasteiger partial charge in [0.2, 0.25) is 0 Å². The molecule has 0 spiro atoms. The van der Waals surface area contributed by atoms with Crippen molar-refractivity contribution in [1.82, 2.24) is 5.48 Å². The van der Waals surface area contributed by atoms with Gasteiger partial charge in [-0.1, -0.05) is 13.8 Å². The molecule has 0 unspecified atom stereocenters. The van der Waals surface area contributed by atoms with Crippen molar-refractivity contribution in [3.8, 4) is 0 Å². The molecular formula is C9H18FNO. The summed E-state index contributed by atoms with van der Waals surface area (Å²) in [5, 5.41) is 8.60.